The molecule has 0 saturated heterocycles. The van der Waals surface area contributed by atoms with Crippen molar-refractivity contribution in [2.75, 3.05) is 0 Å². The lowest BCUT2D eigenvalue weighted by Crippen LogP contribution is -2.33. The molecule has 15 heavy (non-hydrogen) atoms. The zero-order valence-corrected chi connectivity index (χ0v) is 9.51. The highest BCUT2D eigenvalue weighted by atomic mass is 35.5. The summed E-state index contributed by atoms with van der Waals surface area (Å²) in [4.78, 5) is 0. The molecule has 0 amide bonds. The molecule has 0 radical (unpaired) electrons. The van der Waals surface area contributed by atoms with Crippen LogP contribution in [-0.4, -0.2) is 5.60 Å². The number of nitrogens with zero attached hydrogens (tertiary/aromatic N) is 1. The molecule has 1 aromatic carbocycles. The number of hydrogen-bond donors (Lipinski definition) is 0. The Hall–Kier alpha value is -1.20. The third-order valence-corrected chi connectivity index (χ3v) is 2.92. The number of halogens is 1. The van der Waals surface area contributed by atoms with Gasteiger partial charge in [0.15, 0.2) is 0 Å². The predicted molar refractivity (Wildman–Crippen MR) is 59.1 cm³/mol. The van der Waals surface area contributed by atoms with Gasteiger partial charge in [0.2, 0.25) is 0 Å². The fourth-order valence-electron chi connectivity index (χ4n) is 1.84. The maximum absolute atomic E-state index is 8.79. The highest BCUT2D eigenvalue weighted by Crippen LogP contribution is 2.43. The van der Waals surface area contributed by atoms with Crippen LogP contribution in [0, 0.1) is 11.3 Å². The average Bonchev–Trinajstić information content (AvgIpc) is 2.15. The van der Waals surface area contributed by atoms with Crippen LogP contribution in [0.25, 0.3) is 0 Å². The van der Waals surface area contributed by atoms with Crippen LogP contribution in [0.15, 0.2) is 18.2 Å². The molecular weight excluding hydrogens is 210 g/mol. The lowest BCUT2D eigenvalue weighted by atomic mass is 9.93. The quantitative estimate of drug-likeness (QED) is 0.629. The van der Waals surface area contributed by atoms with Crippen molar-refractivity contribution in [1.82, 2.24) is 0 Å². The second kappa shape index (κ2) is 3.43. The van der Waals surface area contributed by atoms with E-state index >= 15 is 0 Å². The van der Waals surface area contributed by atoms with Gasteiger partial charge in [0.25, 0.3) is 0 Å². The summed E-state index contributed by atoms with van der Waals surface area (Å²) in [5, 5.41) is 8.72. The maximum Gasteiger partial charge on any atom is 0.124 e. The van der Waals surface area contributed by atoms with E-state index in [0.29, 0.717) is 5.56 Å². The lowest BCUT2D eigenvalue weighted by Gasteiger charge is -2.35. The van der Waals surface area contributed by atoms with E-state index in [0.717, 1.165) is 17.7 Å². The van der Waals surface area contributed by atoms with Crippen molar-refractivity contribution < 1.29 is 4.74 Å². The lowest BCUT2D eigenvalue weighted by molar-refractivity contribution is 0.0825. The van der Waals surface area contributed by atoms with Crippen molar-refractivity contribution in [3.05, 3.63) is 29.3 Å². The summed E-state index contributed by atoms with van der Waals surface area (Å²) in [6, 6.07) is 7.49. The first-order chi connectivity index (χ1) is 7.02. The summed E-state index contributed by atoms with van der Waals surface area (Å²) in [7, 11) is 0. The van der Waals surface area contributed by atoms with Crippen molar-refractivity contribution in [2.24, 2.45) is 0 Å². The molecule has 0 spiro atoms. The molecule has 2 rings (SSSR count). The third-order valence-electron chi connectivity index (χ3n) is 2.53. The van der Waals surface area contributed by atoms with E-state index in [1.807, 2.05) is 26.0 Å². The normalized spacial score (nSPS) is 22.4. The molecule has 2 nitrogen and oxygen atoms in total. The number of nitriles is 1. The van der Waals surface area contributed by atoms with Crippen LogP contribution in [0.4, 0.5) is 0 Å². The molecule has 1 atom stereocenters. The molecule has 1 heterocycles. The first-order valence-corrected chi connectivity index (χ1v) is 5.33. The minimum atomic E-state index is -0.229. The summed E-state index contributed by atoms with van der Waals surface area (Å²) >= 11 is 6.27. The Kier molecular flexibility index (Phi) is 2.36. The van der Waals surface area contributed by atoms with E-state index in [-0.39, 0.29) is 11.0 Å². The van der Waals surface area contributed by atoms with E-state index in [2.05, 4.69) is 6.07 Å². The number of alkyl halides is 1. The molecule has 3 heteroatoms. The van der Waals surface area contributed by atoms with Gasteiger partial charge in [-0.25, -0.2) is 0 Å². The minimum Gasteiger partial charge on any atom is -0.487 e. The van der Waals surface area contributed by atoms with E-state index in [1.165, 1.54) is 0 Å². The Morgan fingerprint density at radius 3 is 2.93 bits per heavy atom. The molecule has 78 valence electrons. The Labute approximate surface area is 94.4 Å². The summed E-state index contributed by atoms with van der Waals surface area (Å²) < 4.78 is 5.80. The van der Waals surface area contributed by atoms with Gasteiger partial charge in [-0.2, -0.15) is 5.26 Å². The summed E-state index contributed by atoms with van der Waals surface area (Å²) in [6.07, 6.45) is 0.760. The number of hydrogen-bond acceptors (Lipinski definition) is 2. The number of benzene rings is 1. The zero-order valence-electron chi connectivity index (χ0n) is 8.75. The van der Waals surface area contributed by atoms with Crippen molar-refractivity contribution in [3.8, 4) is 11.8 Å². The van der Waals surface area contributed by atoms with Gasteiger partial charge in [0, 0.05) is 12.0 Å². The summed E-state index contributed by atoms with van der Waals surface area (Å²) in [5.74, 6) is 0.797. The van der Waals surface area contributed by atoms with Crippen molar-refractivity contribution >= 4 is 11.6 Å². The molecule has 1 aromatic rings. The highest BCUT2D eigenvalue weighted by Gasteiger charge is 2.32. The van der Waals surface area contributed by atoms with Crippen LogP contribution < -0.4 is 4.74 Å². The minimum absolute atomic E-state index is 0.0722. The van der Waals surface area contributed by atoms with Crippen LogP contribution >= 0.6 is 11.6 Å². The van der Waals surface area contributed by atoms with Gasteiger partial charge in [0.1, 0.15) is 11.4 Å². The first-order valence-electron chi connectivity index (χ1n) is 4.89. The van der Waals surface area contributed by atoms with Crippen LogP contribution in [0.5, 0.6) is 5.75 Å². The number of rotatable bonds is 0. The molecular formula is C12H12ClNO. The van der Waals surface area contributed by atoms with Crippen LogP contribution in [0.3, 0.4) is 0 Å². The standard InChI is InChI=1S/C12H12ClNO/c1-12(2)6-10(13)9-5-8(7-14)3-4-11(9)15-12/h3-5,10H,6H2,1-2H3. The van der Waals surface area contributed by atoms with E-state index in [9.17, 15) is 0 Å². The highest BCUT2D eigenvalue weighted by molar-refractivity contribution is 6.21. The monoisotopic (exact) mass is 221 g/mol. The van der Waals surface area contributed by atoms with Crippen molar-refractivity contribution in [3.63, 3.8) is 0 Å². The molecule has 1 aliphatic heterocycles. The summed E-state index contributed by atoms with van der Waals surface area (Å²) in [5.41, 5.74) is 1.32. The van der Waals surface area contributed by atoms with Gasteiger partial charge < -0.3 is 4.74 Å². The van der Waals surface area contributed by atoms with Crippen LogP contribution in [0.1, 0.15) is 36.8 Å². The Balaban J connectivity index is 2.47. The second-order valence-electron chi connectivity index (χ2n) is 4.40. The molecule has 1 aliphatic rings. The van der Waals surface area contributed by atoms with Crippen molar-refractivity contribution in [1.29, 1.82) is 5.26 Å². The van der Waals surface area contributed by atoms with Gasteiger partial charge >= 0.3 is 0 Å². The molecule has 0 saturated carbocycles. The Morgan fingerprint density at radius 1 is 1.53 bits per heavy atom. The van der Waals surface area contributed by atoms with Gasteiger partial charge in [0.05, 0.1) is 17.0 Å². The molecule has 0 aliphatic carbocycles. The van der Waals surface area contributed by atoms with Crippen LogP contribution in [-0.2, 0) is 0 Å². The molecule has 1 unspecified atom stereocenters. The average molecular weight is 222 g/mol. The Bertz CT molecular complexity index is 434. The van der Waals surface area contributed by atoms with Gasteiger partial charge in [-0.05, 0) is 32.0 Å². The Morgan fingerprint density at radius 2 is 2.27 bits per heavy atom. The van der Waals surface area contributed by atoms with E-state index in [1.54, 1.807) is 6.07 Å². The van der Waals surface area contributed by atoms with Crippen molar-refractivity contribution in [2.45, 2.75) is 31.2 Å². The smallest absolute Gasteiger partial charge is 0.124 e. The predicted octanol–water partition coefficient (Wildman–Crippen LogP) is 3.40. The molecule has 0 bridgehead atoms. The first kappa shape index (κ1) is 10.3. The largest absolute Gasteiger partial charge is 0.487 e. The van der Waals surface area contributed by atoms with Crippen LogP contribution in [0.2, 0.25) is 0 Å². The SMILES string of the molecule is CC1(C)CC(Cl)c2cc(C#N)ccc2O1. The summed E-state index contributed by atoms with van der Waals surface area (Å²) in [6.45, 7) is 4.03. The zero-order chi connectivity index (χ0) is 11.1. The maximum atomic E-state index is 8.79. The fourth-order valence-corrected chi connectivity index (χ4v) is 2.38. The fraction of sp³-hybridized carbons (Fsp3) is 0.417. The van der Waals surface area contributed by atoms with Gasteiger partial charge in [-0.3, -0.25) is 0 Å². The topological polar surface area (TPSA) is 33.0 Å². The molecule has 0 N–H and O–H groups in total. The second-order valence-corrected chi connectivity index (χ2v) is 4.92. The number of fused-ring (bicyclic) bond motifs is 1. The van der Waals surface area contributed by atoms with Gasteiger partial charge in [-0.15, -0.1) is 11.6 Å². The molecule has 0 fully saturated rings. The third kappa shape index (κ3) is 1.93. The van der Waals surface area contributed by atoms with Gasteiger partial charge in [-0.1, -0.05) is 0 Å². The van der Waals surface area contributed by atoms with E-state index in [4.69, 9.17) is 21.6 Å². The van der Waals surface area contributed by atoms with E-state index < -0.39 is 0 Å². The number of ether oxygens (including phenoxy) is 1. The molecule has 0 aromatic heterocycles.